The SMILES string of the molecule is CC(C)Oc1cc(Cl)c(CO)cc1Cl. The van der Waals surface area contributed by atoms with E-state index >= 15 is 0 Å². The average molecular weight is 235 g/mol. The molecule has 78 valence electrons. The predicted octanol–water partition coefficient (Wildman–Crippen LogP) is 3.27. The van der Waals surface area contributed by atoms with Crippen LogP contribution in [0.4, 0.5) is 0 Å². The second kappa shape index (κ2) is 4.87. The van der Waals surface area contributed by atoms with Gasteiger partial charge in [0.2, 0.25) is 0 Å². The molecule has 0 unspecified atom stereocenters. The lowest BCUT2D eigenvalue weighted by Gasteiger charge is -2.12. The fourth-order valence-corrected chi connectivity index (χ4v) is 1.48. The minimum absolute atomic E-state index is 0.0449. The van der Waals surface area contributed by atoms with Crippen LogP contribution in [0.1, 0.15) is 19.4 Å². The summed E-state index contributed by atoms with van der Waals surface area (Å²) in [6, 6.07) is 3.23. The molecule has 0 saturated carbocycles. The monoisotopic (exact) mass is 234 g/mol. The summed E-state index contributed by atoms with van der Waals surface area (Å²) in [5, 5.41) is 9.86. The van der Waals surface area contributed by atoms with Crippen LogP contribution in [0.25, 0.3) is 0 Å². The molecule has 2 nitrogen and oxygen atoms in total. The molecule has 14 heavy (non-hydrogen) atoms. The maximum atomic E-state index is 8.93. The van der Waals surface area contributed by atoms with Crippen molar-refractivity contribution < 1.29 is 9.84 Å². The second-order valence-electron chi connectivity index (χ2n) is 3.20. The summed E-state index contributed by atoms with van der Waals surface area (Å²) in [6.45, 7) is 3.69. The molecule has 0 bridgehead atoms. The maximum absolute atomic E-state index is 8.93. The number of hydrogen-bond acceptors (Lipinski definition) is 2. The second-order valence-corrected chi connectivity index (χ2v) is 4.01. The van der Waals surface area contributed by atoms with Crippen LogP contribution in [0.2, 0.25) is 10.0 Å². The summed E-state index contributed by atoms with van der Waals surface area (Å²) in [6.07, 6.45) is 0.0449. The van der Waals surface area contributed by atoms with Gasteiger partial charge in [0.25, 0.3) is 0 Å². The summed E-state index contributed by atoms with van der Waals surface area (Å²) < 4.78 is 5.43. The van der Waals surface area contributed by atoms with E-state index in [1.54, 1.807) is 12.1 Å². The highest BCUT2D eigenvalue weighted by Crippen LogP contribution is 2.31. The Morgan fingerprint density at radius 3 is 2.43 bits per heavy atom. The smallest absolute Gasteiger partial charge is 0.139 e. The first-order valence-electron chi connectivity index (χ1n) is 4.30. The minimum Gasteiger partial charge on any atom is -0.489 e. The standard InChI is InChI=1S/C10H12Cl2O2/c1-6(2)14-10-4-8(11)7(5-13)3-9(10)12/h3-4,6,13H,5H2,1-2H3. The van der Waals surface area contributed by atoms with Gasteiger partial charge in [-0.15, -0.1) is 0 Å². The highest BCUT2D eigenvalue weighted by Gasteiger charge is 2.08. The van der Waals surface area contributed by atoms with Gasteiger partial charge >= 0.3 is 0 Å². The average Bonchev–Trinajstić information content (AvgIpc) is 2.10. The van der Waals surface area contributed by atoms with E-state index < -0.39 is 0 Å². The molecule has 0 aliphatic carbocycles. The van der Waals surface area contributed by atoms with Gasteiger partial charge in [0.05, 0.1) is 17.7 Å². The van der Waals surface area contributed by atoms with Crippen LogP contribution in [0.5, 0.6) is 5.75 Å². The van der Waals surface area contributed by atoms with Gasteiger partial charge in [0, 0.05) is 11.1 Å². The Morgan fingerprint density at radius 1 is 1.29 bits per heavy atom. The van der Waals surface area contributed by atoms with Crippen molar-refractivity contribution >= 4 is 23.2 Å². The van der Waals surface area contributed by atoms with E-state index in [2.05, 4.69) is 0 Å². The molecule has 1 rings (SSSR count). The van der Waals surface area contributed by atoms with Crippen LogP contribution in [0.3, 0.4) is 0 Å². The van der Waals surface area contributed by atoms with Crippen molar-refractivity contribution in [2.75, 3.05) is 0 Å². The molecule has 1 aromatic carbocycles. The zero-order valence-electron chi connectivity index (χ0n) is 8.05. The molecule has 0 heterocycles. The molecule has 0 amide bonds. The van der Waals surface area contributed by atoms with Crippen molar-refractivity contribution in [1.82, 2.24) is 0 Å². The number of hydrogen-bond donors (Lipinski definition) is 1. The van der Waals surface area contributed by atoms with Crippen LogP contribution < -0.4 is 4.74 Å². The van der Waals surface area contributed by atoms with Crippen LogP contribution in [-0.2, 0) is 6.61 Å². The summed E-state index contributed by atoms with van der Waals surface area (Å²) >= 11 is 11.8. The lowest BCUT2D eigenvalue weighted by atomic mass is 10.2. The first kappa shape index (κ1) is 11.6. The normalized spacial score (nSPS) is 10.7. The number of aliphatic hydroxyl groups is 1. The molecule has 0 radical (unpaired) electrons. The molecule has 0 aliphatic rings. The fraction of sp³-hybridized carbons (Fsp3) is 0.400. The third kappa shape index (κ3) is 2.77. The highest BCUT2D eigenvalue weighted by molar-refractivity contribution is 6.34. The van der Waals surface area contributed by atoms with Crippen molar-refractivity contribution in [2.45, 2.75) is 26.6 Å². The molecular formula is C10H12Cl2O2. The number of benzene rings is 1. The first-order chi connectivity index (χ1) is 6.54. The van der Waals surface area contributed by atoms with Crippen molar-refractivity contribution in [3.05, 3.63) is 27.7 Å². The Balaban J connectivity index is 3.02. The Kier molecular flexibility index (Phi) is 4.05. The Labute approximate surface area is 93.4 Å². The molecule has 0 atom stereocenters. The maximum Gasteiger partial charge on any atom is 0.139 e. The van der Waals surface area contributed by atoms with Gasteiger partial charge in [-0.2, -0.15) is 0 Å². The molecule has 1 N–H and O–H groups in total. The van der Waals surface area contributed by atoms with Gasteiger partial charge < -0.3 is 9.84 Å². The largest absolute Gasteiger partial charge is 0.489 e. The van der Waals surface area contributed by atoms with E-state index in [0.29, 0.717) is 21.4 Å². The Bertz CT molecular complexity index is 324. The topological polar surface area (TPSA) is 29.5 Å². The van der Waals surface area contributed by atoms with Gasteiger partial charge in [-0.05, 0) is 25.5 Å². The number of aliphatic hydroxyl groups excluding tert-OH is 1. The lowest BCUT2D eigenvalue weighted by molar-refractivity contribution is 0.242. The number of ether oxygens (including phenoxy) is 1. The van der Waals surface area contributed by atoms with E-state index in [4.69, 9.17) is 33.0 Å². The van der Waals surface area contributed by atoms with Crippen molar-refractivity contribution in [1.29, 1.82) is 0 Å². The molecule has 4 heteroatoms. The van der Waals surface area contributed by atoms with Crippen LogP contribution in [0.15, 0.2) is 12.1 Å². The molecule has 0 spiro atoms. The fourth-order valence-electron chi connectivity index (χ4n) is 1.04. The van der Waals surface area contributed by atoms with Gasteiger partial charge in [0.1, 0.15) is 5.75 Å². The van der Waals surface area contributed by atoms with Gasteiger partial charge in [-0.3, -0.25) is 0 Å². The quantitative estimate of drug-likeness (QED) is 0.871. The van der Waals surface area contributed by atoms with Crippen LogP contribution >= 0.6 is 23.2 Å². The molecule has 1 aromatic rings. The number of halogens is 2. The molecule has 0 aliphatic heterocycles. The van der Waals surface area contributed by atoms with Gasteiger partial charge in [-0.1, -0.05) is 23.2 Å². The van der Waals surface area contributed by atoms with E-state index in [1.165, 1.54) is 0 Å². The van der Waals surface area contributed by atoms with E-state index in [9.17, 15) is 0 Å². The number of rotatable bonds is 3. The third-order valence-corrected chi connectivity index (χ3v) is 2.28. The first-order valence-corrected chi connectivity index (χ1v) is 5.05. The molecule has 0 saturated heterocycles. The Morgan fingerprint density at radius 2 is 1.93 bits per heavy atom. The Hall–Kier alpha value is -0.440. The highest BCUT2D eigenvalue weighted by atomic mass is 35.5. The van der Waals surface area contributed by atoms with E-state index in [-0.39, 0.29) is 12.7 Å². The lowest BCUT2D eigenvalue weighted by Crippen LogP contribution is -2.06. The van der Waals surface area contributed by atoms with Crippen LogP contribution in [0, 0.1) is 0 Å². The van der Waals surface area contributed by atoms with Crippen molar-refractivity contribution in [3.8, 4) is 5.75 Å². The minimum atomic E-state index is -0.124. The summed E-state index contributed by atoms with van der Waals surface area (Å²) in [5.41, 5.74) is 0.604. The zero-order valence-corrected chi connectivity index (χ0v) is 9.56. The van der Waals surface area contributed by atoms with Gasteiger partial charge in [-0.25, -0.2) is 0 Å². The van der Waals surface area contributed by atoms with Gasteiger partial charge in [0.15, 0.2) is 0 Å². The molecule has 0 aromatic heterocycles. The predicted molar refractivity (Wildman–Crippen MR) is 58.1 cm³/mol. The summed E-state index contributed by atoms with van der Waals surface area (Å²) in [7, 11) is 0. The zero-order chi connectivity index (χ0) is 10.7. The van der Waals surface area contributed by atoms with E-state index in [1.807, 2.05) is 13.8 Å². The molecule has 0 fully saturated rings. The van der Waals surface area contributed by atoms with Crippen LogP contribution in [-0.4, -0.2) is 11.2 Å². The molecular weight excluding hydrogens is 223 g/mol. The third-order valence-electron chi connectivity index (χ3n) is 1.63. The van der Waals surface area contributed by atoms with E-state index in [0.717, 1.165) is 0 Å². The van der Waals surface area contributed by atoms with Crippen molar-refractivity contribution in [2.24, 2.45) is 0 Å². The summed E-state index contributed by atoms with van der Waals surface area (Å²) in [4.78, 5) is 0. The van der Waals surface area contributed by atoms with Crippen molar-refractivity contribution in [3.63, 3.8) is 0 Å². The summed E-state index contributed by atoms with van der Waals surface area (Å²) in [5.74, 6) is 0.545.